The molecule has 3 nitrogen and oxygen atoms in total. The summed E-state index contributed by atoms with van der Waals surface area (Å²) < 4.78 is 37.4. The average Bonchev–Trinajstić information content (AvgIpc) is 3.04. The van der Waals surface area contributed by atoms with Crippen LogP contribution in [0.15, 0.2) is 59.7 Å². The van der Waals surface area contributed by atoms with E-state index in [-0.39, 0.29) is 6.61 Å². The number of fused-ring (bicyclic) bond motifs is 3. The molecule has 0 saturated heterocycles. The highest BCUT2D eigenvalue weighted by atomic mass is 19.4. The van der Waals surface area contributed by atoms with Crippen LogP contribution in [0.1, 0.15) is 85.8 Å². The van der Waals surface area contributed by atoms with E-state index in [1.807, 2.05) is 0 Å². The van der Waals surface area contributed by atoms with E-state index in [1.54, 1.807) is 20.8 Å². The van der Waals surface area contributed by atoms with Crippen LogP contribution >= 0.6 is 0 Å². The SMILES string of the molecule is C=C1C(C)=CC2C1CC(CO)=C[C@@H]1C2[C@H](C)CC(C)C1(C)C.CC[C@H](C(=O)O)C(C)(C)c1ccc(C(F)(F)F)cc1. The Hall–Kier alpha value is -2.34. The summed E-state index contributed by atoms with van der Waals surface area (Å²) in [6, 6.07) is 4.69. The Labute approximate surface area is 244 Å². The molecule has 6 heteroatoms. The Bertz CT molecular complexity index is 1170. The Balaban J connectivity index is 0.000000229. The van der Waals surface area contributed by atoms with Crippen LogP contribution in [-0.2, 0) is 16.4 Å². The van der Waals surface area contributed by atoms with Crippen molar-refractivity contribution in [2.75, 3.05) is 6.61 Å². The molecule has 4 unspecified atom stereocenters. The number of allylic oxidation sites excluding steroid dienone is 4. The fourth-order valence-corrected chi connectivity index (χ4v) is 7.82. The van der Waals surface area contributed by atoms with Crippen molar-refractivity contribution in [3.05, 3.63) is 70.8 Å². The lowest BCUT2D eigenvalue weighted by Crippen LogP contribution is -2.46. The van der Waals surface area contributed by atoms with Crippen molar-refractivity contribution < 1.29 is 28.2 Å². The van der Waals surface area contributed by atoms with Gasteiger partial charge in [0, 0.05) is 5.41 Å². The maximum absolute atomic E-state index is 12.5. The molecule has 0 radical (unpaired) electrons. The van der Waals surface area contributed by atoms with E-state index in [2.05, 4.69) is 53.3 Å². The van der Waals surface area contributed by atoms with E-state index in [9.17, 15) is 28.2 Å². The molecule has 0 bridgehead atoms. The molecule has 7 atom stereocenters. The van der Waals surface area contributed by atoms with Crippen molar-refractivity contribution in [1.82, 2.24) is 0 Å². The molecule has 0 aromatic heterocycles. The zero-order valence-electron chi connectivity index (χ0n) is 26.0. The van der Waals surface area contributed by atoms with Gasteiger partial charge in [-0.05, 0) is 96.0 Å². The highest BCUT2D eigenvalue weighted by Gasteiger charge is 2.51. The van der Waals surface area contributed by atoms with Crippen LogP contribution in [0.3, 0.4) is 0 Å². The van der Waals surface area contributed by atoms with Gasteiger partial charge in [0.25, 0.3) is 0 Å². The van der Waals surface area contributed by atoms with Crippen LogP contribution in [-0.4, -0.2) is 22.8 Å². The number of halogens is 3. The molecule has 0 spiro atoms. The third kappa shape index (κ3) is 6.53. The number of aliphatic hydroxyl groups excluding tert-OH is 1. The Morgan fingerprint density at radius 3 is 2.15 bits per heavy atom. The van der Waals surface area contributed by atoms with E-state index in [0.29, 0.717) is 41.1 Å². The summed E-state index contributed by atoms with van der Waals surface area (Å²) >= 11 is 0. The molecule has 4 rings (SSSR count). The number of aliphatic hydroxyl groups is 1. The van der Waals surface area contributed by atoms with Gasteiger partial charge in [-0.3, -0.25) is 4.79 Å². The van der Waals surface area contributed by atoms with Gasteiger partial charge in [0.2, 0.25) is 0 Å². The number of alkyl halides is 3. The maximum Gasteiger partial charge on any atom is 0.416 e. The van der Waals surface area contributed by atoms with Crippen molar-refractivity contribution in [1.29, 1.82) is 0 Å². The van der Waals surface area contributed by atoms with Crippen LogP contribution in [0.4, 0.5) is 13.2 Å². The van der Waals surface area contributed by atoms with Gasteiger partial charge in [0.05, 0.1) is 18.1 Å². The number of carbonyl (C=O) groups is 1. The third-order valence-corrected chi connectivity index (χ3v) is 10.9. The van der Waals surface area contributed by atoms with E-state index in [0.717, 1.165) is 30.4 Å². The summed E-state index contributed by atoms with van der Waals surface area (Å²) in [4.78, 5) is 11.2. The Kier molecular flexibility index (Phi) is 9.79. The lowest BCUT2D eigenvalue weighted by Gasteiger charge is -2.52. The fraction of sp³-hybridized carbons (Fsp3) is 0.629. The van der Waals surface area contributed by atoms with Gasteiger partial charge in [0.1, 0.15) is 0 Å². The maximum atomic E-state index is 12.5. The van der Waals surface area contributed by atoms with Crippen molar-refractivity contribution in [3.8, 4) is 0 Å². The van der Waals surface area contributed by atoms with Crippen molar-refractivity contribution >= 4 is 5.97 Å². The predicted octanol–water partition coefficient (Wildman–Crippen LogP) is 9.09. The summed E-state index contributed by atoms with van der Waals surface area (Å²) in [6.45, 7) is 21.7. The summed E-state index contributed by atoms with van der Waals surface area (Å²) in [7, 11) is 0. The molecule has 0 aliphatic heterocycles. The minimum Gasteiger partial charge on any atom is -0.481 e. The molecule has 0 amide bonds. The molecule has 2 N–H and O–H groups in total. The molecule has 1 aromatic carbocycles. The number of rotatable bonds is 5. The number of hydrogen-bond acceptors (Lipinski definition) is 2. The molecule has 41 heavy (non-hydrogen) atoms. The zero-order chi connectivity index (χ0) is 31.1. The first-order chi connectivity index (χ1) is 18.9. The zero-order valence-corrected chi connectivity index (χ0v) is 26.0. The topological polar surface area (TPSA) is 57.5 Å². The van der Waals surface area contributed by atoms with Crippen molar-refractivity contribution in [3.63, 3.8) is 0 Å². The molecular formula is C35H49F3O3. The number of aliphatic carboxylic acids is 1. The average molecular weight is 575 g/mol. The summed E-state index contributed by atoms with van der Waals surface area (Å²) in [5, 5.41) is 19.0. The molecule has 1 fully saturated rings. The lowest BCUT2D eigenvalue weighted by molar-refractivity contribution is -0.144. The molecular weight excluding hydrogens is 525 g/mol. The fourth-order valence-electron chi connectivity index (χ4n) is 7.82. The smallest absolute Gasteiger partial charge is 0.416 e. The molecule has 0 heterocycles. The van der Waals surface area contributed by atoms with Crippen LogP contribution in [0.25, 0.3) is 0 Å². The number of hydrogen-bond donors (Lipinski definition) is 2. The van der Waals surface area contributed by atoms with Crippen molar-refractivity contribution in [2.45, 2.75) is 86.2 Å². The number of benzene rings is 1. The second kappa shape index (κ2) is 12.1. The summed E-state index contributed by atoms with van der Waals surface area (Å²) in [5.41, 5.74) is 3.39. The largest absolute Gasteiger partial charge is 0.481 e. The molecule has 3 aliphatic rings. The normalized spacial score (nSPS) is 30.1. The van der Waals surface area contributed by atoms with Crippen molar-refractivity contribution in [2.24, 2.45) is 46.8 Å². The van der Waals surface area contributed by atoms with E-state index >= 15 is 0 Å². The molecule has 1 aromatic rings. The Morgan fingerprint density at radius 2 is 1.66 bits per heavy atom. The minimum absolute atomic E-state index is 0.206. The van der Waals surface area contributed by atoms with Crippen LogP contribution < -0.4 is 0 Å². The second-order valence-corrected chi connectivity index (χ2v) is 13.9. The van der Waals surface area contributed by atoms with Crippen LogP contribution in [0.2, 0.25) is 0 Å². The van der Waals surface area contributed by atoms with Gasteiger partial charge in [-0.25, -0.2) is 0 Å². The molecule has 1 saturated carbocycles. The van der Waals surface area contributed by atoms with Gasteiger partial charge >= 0.3 is 12.1 Å². The summed E-state index contributed by atoms with van der Waals surface area (Å²) in [5.74, 6) is 2.28. The predicted molar refractivity (Wildman–Crippen MR) is 159 cm³/mol. The van der Waals surface area contributed by atoms with Gasteiger partial charge < -0.3 is 10.2 Å². The Morgan fingerprint density at radius 1 is 1.10 bits per heavy atom. The van der Waals surface area contributed by atoms with E-state index < -0.39 is 29.0 Å². The van der Waals surface area contributed by atoms with Crippen LogP contribution in [0.5, 0.6) is 0 Å². The number of carboxylic acids is 1. The summed E-state index contributed by atoms with van der Waals surface area (Å²) in [6.07, 6.45) is 3.31. The quantitative estimate of drug-likeness (QED) is 0.345. The number of carboxylic acid groups (broad SMARTS) is 1. The van der Waals surface area contributed by atoms with Gasteiger partial charge in [-0.15, -0.1) is 0 Å². The third-order valence-electron chi connectivity index (χ3n) is 10.9. The second-order valence-electron chi connectivity index (χ2n) is 13.9. The monoisotopic (exact) mass is 574 g/mol. The molecule has 228 valence electrons. The standard InChI is InChI=1S/C21H32O.C14H17F3O2/c1-12-8-18-17(15(12)4)9-16(11-22)10-19-20(18)13(2)7-14(3)21(19,5)6;1-4-11(12(18)19)13(2,3)9-5-7-10(8-6-9)14(15,16)17/h8,10,13-14,17-20,22H,4,7,9,11H2,1-3,5-6H3;5-8,11H,4H2,1-3H3,(H,18,19)/t13-,14?,17?,18?,19-,20?;11-/m11/s1. The first kappa shape index (κ1) is 33.2. The highest BCUT2D eigenvalue weighted by Crippen LogP contribution is 2.59. The molecule has 3 aliphatic carbocycles. The van der Waals surface area contributed by atoms with Gasteiger partial charge in [-0.1, -0.05) is 84.9 Å². The first-order valence-electron chi connectivity index (χ1n) is 15.0. The lowest BCUT2D eigenvalue weighted by atomic mass is 9.52. The first-order valence-corrected chi connectivity index (χ1v) is 15.0. The van der Waals surface area contributed by atoms with Gasteiger partial charge in [0.15, 0.2) is 0 Å². The minimum atomic E-state index is -4.38. The van der Waals surface area contributed by atoms with Gasteiger partial charge in [-0.2, -0.15) is 13.2 Å². The van der Waals surface area contributed by atoms with Crippen LogP contribution in [0, 0.1) is 46.8 Å². The highest BCUT2D eigenvalue weighted by molar-refractivity contribution is 5.72. The van der Waals surface area contributed by atoms with E-state index in [4.69, 9.17) is 0 Å². The van der Waals surface area contributed by atoms with E-state index in [1.165, 1.54) is 35.3 Å².